The first-order valence-electron chi connectivity index (χ1n) is 5.35. The van der Waals surface area contributed by atoms with E-state index in [1.807, 2.05) is 0 Å². The molecule has 0 atom stereocenters. The number of rotatable bonds is 5. The predicted octanol–water partition coefficient (Wildman–Crippen LogP) is 1.19. The van der Waals surface area contributed by atoms with Crippen LogP contribution in [0.5, 0.6) is 0 Å². The molecule has 0 aliphatic rings. The van der Waals surface area contributed by atoms with Crippen LogP contribution in [0.15, 0.2) is 18.2 Å². The summed E-state index contributed by atoms with van der Waals surface area (Å²) in [5.41, 5.74) is 0.576. The molecule has 0 saturated carbocycles. The summed E-state index contributed by atoms with van der Waals surface area (Å²) in [5.74, 6) is -1.19. The van der Waals surface area contributed by atoms with Crippen LogP contribution >= 0.6 is 0 Å². The summed E-state index contributed by atoms with van der Waals surface area (Å²) in [5, 5.41) is 2.92. The van der Waals surface area contributed by atoms with Gasteiger partial charge in [0.15, 0.2) is 0 Å². The Hall–Kier alpha value is -1.49. The fourth-order valence-corrected chi connectivity index (χ4v) is 1.34. The molecule has 5 heteroatoms. The van der Waals surface area contributed by atoms with Crippen molar-refractivity contribution < 1.29 is 13.6 Å². The number of carbonyl (C=O) groups is 1. The van der Waals surface area contributed by atoms with Crippen molar-refractivity contribution in [1.29, 1.82) is 0 Å². The van der Waals surface area contributed by atoms with Crippen LogP contribution in [0.3, 0.4) is 0 Å². The second-order valence-electron chi connectivity index (χ2n) is 3.99. The largest absolute Gasteiger partial charge is 0.348 e. The molecule has 0 aliphatic heterocycles. The summed E-state index contributed by atoms with van der Waals surface area (Å²) in [7, 11) is 3.35. The first kappa shape index (κ1) is 13.6. The van der Waals surface area contributed by atoms with Gasteiger partial charge in [-0.2, -0.15) is 0 Å². The zero-order chi connectivity index (χ0) is 12.8. The third kappa shape index (κ3) is 4.91. The quantitative estimate of drug-likeness (QED) is 0.786. The van der Waals surface area contributed by atoms with Gasteiger partial charge in [0.05, 0.1) is 6.54 Å². The first-order valence-corrected chi connectivity index (χ1v) is 5.35. The van der Waals surface area contributed by atoms with Crippen LogP contribution in [0.25, 0.3) is 0 Å². The van der Waals surface area contributed by atoms with E-state index >= 15 is 0 Å². The summed E-state index contributed by atoms with van der Waals surface area (Å²) in [4.78, 5) is 12.7. The predicted molar refractivity (Wildman–Crippen MR) is 61.6 cm³/mol. The minimum absolute atomic E-state index is 0.0320. The van der Waals surface area contributed by atoms with Crippen LogP contribution in [0.1, 0.15) is 5.56 Å². The SMILES string of the molecule is CN(C)C(=O)CNCCc1cc(F)cc(F)c1. The van der Waals surface area contributed by atoms with Gasteiger partial charge in [-0.05, 0) is 30.7 Å². The Morgan fingerprint density at radius 2 is 1.82 bits per heavy atom. The van der Waals surface area contributed by atoms with E-state index in [9.17, 15) is 13.6 Å². The Bertz CT molecular complexity index is 374. The van der Waals surface area contributed by atoms with Gasteiger partial charge in [0.25, 0.3) is 0 Å². The summed E-state index contributed by atoms with van der Waals surface area (Å²) in [6, 6.07) is 3.42. The van der Waals surface area contributed by atoms with Crippen molar-refractivity contribution in [3.63, 3.8) is 0 Å². The molecule has 0 bridgehead atoms. The molecule has 0 unspecified atom stereocenters. The highest BCUT2D eigenvalue weighted by Crippen LogP contribution is 2.07. The summed E-state index contributed by atoms with van der Waals surface area (Å²) in [6.45, 7) is 0.729. The van der Waals surface area contributed by atoms with E-state index < -0.39 is 11.6 Å². The molecule has 94 valence electrons. The highest BCUT2D eigenvalue weighted by atomic mass is 19.1. The molecule has 0 spiro atoms. The third-order valence-corrected chi connectivity index (χ3v) is 2.29. The number of nitrogens with one attached hydrogen (secondary N) is 1. The Balaban J connectivity index is 2.33. The number of hydrogen-bond donors (Lipinski definition) is 1. The smallest absolute Gasteiger partial charge is 0.236 e. The van der Waals surface area contributed by atoms with Gasteiger partial charge in [-0.15, -0.1) is 0 Å². The molecule has 0 saturated heterocycles. The molecule has 1 aromatic carbocycles. The molecule has 17 heavy (non-hydrogen) atoms. The maximum absolute atomic E-state index is 12.9. The number of carbonyl (C=O) groups excluding carboxylic acids is 1. The molecule has 0 fully saturated rings. The molecule has 1 amide bonds. The van der Waals surface area contributed by atoms with Crippen molar-refractivity contribution >= 4 is 5.91 Å². The van der Waals surface area contributed by atoms with E-state index in [1.54, 1.807) is 14.1 Å². The second kappa shape index (κ2) is 6.30. The van der Waals surface area contributed by atoms with Crippen molar-refractivity contribution in [1.82, 2.24) is 10.2 Å². The fourth-order valence-electron chi connectivity index (χ4n) is 1.34. The van der Waals surface area contributed by atoms with Gasteiger partial charge in [-0.3, -0.25) is 4.79 Å². The van der Waals surface area contributed by atoms with E-state index in [2.05, 4.69) is 5.32 Å². The van der Waals surface area contributed by atoms with Crippen LogP contribution < -0.4 is 5.32 Å². The maximum Gasteiger partial charge on any atom is 0.236 e. The molecule has 0 heterocycles. The minimum Gasteiger partial charge on any atom is -0.348 e. The molecular formula is C12H16F2N2O. The van der Waals surface area contributed by atoms with Crippen LogP contribution in [0.2, 0.25) is 0 Å². The molecule has 1 rings (SSSR count). The Kier molecular flexibility index (Phi) is 5.03. The Morgan fingerprint density at radius 1 is 1.24 bits per heavy atom. The number of halogens is 2. The number of amides is 1. The van der Waals surface area contributed by atoms with E-state index in [-0.39, 0.29) is 12.5 Å². The summed E-state index contributed by atoms with van der Waals surface area (Å²) in [6.07, 6.45) is 0.482. The van der Waals surface area contributed by atoms with E-state index in [4.69, 9.17) is 0 Å². The standard InChI is InChI=1S/C12H16F2N2O/c1-16(2)12(17)8-15-4-3-9-5-10(13)7-11(14)6-9/h5-7,15H,3-4,8H2,1-2H3. The molecule has 3 nitrogen and oxygen atoms in total. The van der Waals surface area contributed by atoms with Gasteiger partial charge < -0.3 is 10.2 Å². The lowest BCUT2D eigenvalue weighted by Crippen LogP contribution is -2.33. The van der Waals surface area contributed by atoms with Crippen molar-refractivity contribution in [2.75, 3.05) is 27.2 Å². The van der Waals surface area contributed by atoms with Gasteiger partial charge in [0, 0.05) is 20.2 Å². The summed E-state index contributed by atoms with van der Waals surface area (Å²) < 4.78 is 25.7. The van der Waals surface area contributed by atoms with Crippen LogP contribution in [0, 0.1) is 11.6 Å². The number of nitrogens with zero attached hydrogens (tertiary/aromatic N) is 1. The van der Waals surface area contributed by atoms with Gasteiger partial charge >= 0.3 is 0 Å². The lowest BCUT2D eigenvalue weighted by Gasteiger charge is -2.10. The van der Waals surface area contributed by atoms with E-state index in [0.29, 0.717) is 18.5 Å². The van der Waals surface area contributed by atoms with Crippen LogP contribution in [-0.4, -0.2) is 38.0 Å². The van der Waals surface area contributed by atoms with Gasteiger partial charge in [0.1, 0.15) is 11.6 Å². The number of hydrogen-bond acceptors (Lipinski definition) is 2. The minimum atomic E-state index is -0.579. The second-order valence-corrected chi connectivity index (χ2v) is 3.99. The molecular weight excluding hydrogens is 226 g/mol. The zero-order valence-corrected chi connectivity index (χ0v) is 9.96. The average Bonchev–Trinajstić information content (AvgIpc) is 2.22. The van der Waals surface area contributed by atoms with Crippen molar-refractivity contribution in [3.8, 4) is 0 Å². The lowest BCUT2D eigenvalue weighted by molar-refractivity contribution is -0.127. The zero-order valence-electron chi connectivity index (χ0n) is 9.96. The van der Waals surface area contributed by atoms with E-state index in [0.717, 1.165) is 6.07 Å². The van der Waals surface area contributed by atoms with Crippen molar-refractivity contribution in [2.24, 2.45) is 0 Å². The Labute approximate surface area is 99.4 Å². The van der Waals surface area contributed by atoms with Crippen LogP contribution in [0.4, 0.5) is 8.78 Å². The van der Waals surface area contributed by atoms with Crippen molar-refractivity contribution in [3.05, 3.63) is 35.4 Å². The fraction of sp³-hybridized carbons (Fsp3) is 0.417. The maximum atomic E-state index is 12.9. The highest BCUT2D eigenvalue weighted by molar-refractivity contribution is 5.77. The topological polar surface area (TPSA) is 32.3 Å². The normalized spacial score (nSPS) is 10.4. The van der Waals surface area contributed by atoms with Gasteiger partial charge in [-0.1, -0.05) is 0 Å². The number of likely N-dealkylation sites (N-methyl/N-ethyl adjacent to an activating group) is 1. The molecule has 0 aromatic heterocycles. The highest BCUT2D eigenvalue weighted by Gasteiger charge is 2.03. The molecule has 1 N–H and O–H groups in total. The first-order chi connectivity index (χ1) is 7.99. The van der Waals surface area contributed by atoms with Crippen molar-refractivity contribution in [2.45, 2.75) is 6.42 Å². The molecule has 1 aromatic rings. The van der Waals surface area contributed by atoms with E-state index in [1.165, 1.54) is 17.0 Å². The monoisotopic (exact) mass is 242 g/mol. The van der Waals surface area contributed by atoms with Gasteiger partial charge in [0.2, 0.25) is 5.91 Å². The number of benzene rings is 1. The van der Waals surface area contributed by atoms with Gasteiger partial charge in [-0.25, -0.2) is 8.78 Å². The Morgan fingerprint density at radius 3 is 2.35 bits per heavy atom. The lowest BCUT2D eigenvalue weighted by atomic mass is 10.1. The molecule has 0 radical (unpaired) electrons. The summed E-state index contributed by atoms with van der Waals surface area (Å²) >= 11 is 0. The third-order valence-electron chi connectivity index (χ3n) is 2.29. The average molecular weight is 242 g/mol. The molecule has 0 aliphatic carbocycles. The van der Waals surface area contributed by atoms with Crippen LogP contribution in [-0.2, 0) is 11.2 Å².